The van der Waals surface area contributed by atoms with E-state index >= 15 is 0 Å². The van der Waals surface area contributed by atoms with Gasteiger partial charge in [-0.25, -0.2) is 0 Å². The number of halogens is 3. The lowest BCUT2D eigenvalue weighted by Gasteiger charge is -2.07. The Hall–Kier alpha value is -1.84. The molecule has 2 aromatic rings. The lowest BCUT2D eigenvalue weighted by Crippen LogP contribution is -2.04. The summed E-state index contributed by atoms with van der Waals surface area (Å²) in [5, 5.41) is 1.10. The van der Waals surface area contributed by atoms with E-state index < -0.39 is 11.7 Å². The Kier molecular flexibility index (Phi) is 2.42. The minimum Gasteiger partial charge on any atom is -0.298 e. The van der Waals surface area contributed by atoms with Gasteiger partial charge in [0.15, 0.2) is 0 Å². The average Bonchev–Trinajstić information content (AvgIpc) is 2.26. The molecule has 2 aromatic carbocycles. The van der Waals surface area contributed by atoms with Crippen LogP contribution in [0.15, 0.2) is 36.4 Å². The van der Waals surface area contributed by atoms with Crippen molar-refractivity contribution in [3.63, 3.8) is 0 Å². The Balaban J connectivity index is 2.64. The van der Waals surface area contributed by atoms with Gasteiger partial charge in [-0.15, -0.1) is 0 Å². The number of hydrogen-bond donors (Lipinski definition) is 0. The molecule has 0 amide bonds. The van der Waals surface area contributed by atoms with Crippen molar-refractivity contribution in [2.75, 3.05) is 0 Å². The number of aldehydes is 1. The fourth-order valence-electron chi connectivity index (χ4n) is 1.51. The van der Waals surface area contributed by atoms with Gasteiger partial charge in [0.1, 0.15) is 6.29 Å². The largest absolute Gasteiger partial charge is 0.416 e. The highest BCUT2D eigenvalue weighted by Gasteiger charge is 2.30. The van der Waals surface area contributed by atoms with Crippen LogP contribution in [0.3, 0.4) is 0 Å². The summed E-state index contributed by atoms with van der Waals surface area (Å²) in [6.45, 7) is 0. The van der Waals surface area contributed by atoms with Crippen molar-refractivity contribution in [1.29, 1.82) is 0 Å². The van der Waals surface area contributed by atoms with E-state index in [9.17, 15) is 18.0 Å². The summed E-state index contributed by atoms with van der Waals surface area (Å²) < 4.78 is 37.3. The van der Waals surface area contributed by atoms with Crippen molar-refractivity contribution >= 4 is 17.1 Å². The van der Waals surface area contributed by atoms with Crippen molar-refractivity contribution in [3.05, 3.63) is 47.5 Å². The van der Waals surface area contributed by atoms with Gasteiger partial charge in [-0.05, 0) is 29.0 Å². The average molecular weight is 224 g/mol. The van der Waals surface area contributed by atoms with Gasteiger partial charge in [0.25, 0.3) is 0 Å². The first-order valence-electron chi connectivity index (χ1n) is 4.57. The second kappa shape index (κ2) is 3.63. The molecular weight excluding hydrogens is 217 g/mol. The molecule has 0 atom stereocenters. The Bertz CT molecular complexity index is 543. The molecule has 16 heavy (non-hydrogen) atoms. The number of carbonyl (C=O) groups is 1. The smallest absolute Gasteiger partial charge is 0.298 e. The molecule has 0 aliphatic heterocycles. The van der Waals surface area contributed by atoms with Crippen LogP contribution in [-0.4, -0.2) is 6.29 Å². The van der Waals surface area contributed by atoms with Gasteiger partial charge in [-0.1, -0.05) is 18.2 Å². The molecule has 0 saturated heterocycles. The molecule has 82 valence electrons. The molecule has 0 spiro atoms. The maximum atomic E-state index is 12.4. The third-order valence-electron chi connectivity index (χ3n) is 2.33. The minimum atomic E-state index is -4.36. The molecule has 1 nitrogen and oxygen atoms in total. The van der Waals surface area contributed by atoms with Crippen LogP contribution in [-0.2, 0) is 6.18 Å². The summed E-state index contributed by atoms with van der Waals surface area (Å²) in [5.74, 6) is 0. The highest BCUT2D eigenvalue weighted by Crippen LogP contribution is 2.31. The Labute approximate surface area is 89.5 Å². The minimum absolute atomic E-state index is 0.367. The molecule has 0 heterocycles. The molecule has 0 unspecified atom stereocenters. The number of hydrogen-bond acceptors (Lipinski definition) is 1. The maximum Gasteiger partial charge on any atom is 0.416 e. The van der Waals surface area contributed by atoms with E-state index in [1.807, 2.05) is 0 Å². The quantitative estimate of drug-likeness (QED) is 0.675. The van der Waals surface area contributed by atoms with E-state index in [0.717, 1.165) is 12.1 Å². The summed E-state index contributed by atoms with van der Waals surface area (Å²) in [6.07, 6.45) is -3.74. The summed E-state index contributed by atoms with van der Waals surface area (Å²) >= 11 is 0. The number of benzene rings is 2. The van der Waals surface area contributed by atoms with Gasteiger partial charge >= 0.3 is 6.18 Å². The molecule has 2 rings (SSSR count). The first-order chi connectivity index (χ1) is 7.50. The first kappa shape index (κ1) is 10.7. The van der Waals surface area contributed by atoms with E-state index in [1.54, 1.807) is 12.1 Å². The summed E-state index contributed by atoms with van der Waals surface area (Å²) in [7, 11) is 0. The monoisotopic (exact) mass is 224 g/mol. The van der Waals surface area contributed by atoms with E-state index in [1.165, 1.54) is 12.1 Å². The second-order valence-electron chi connectivity index (χ2n) is 3.44. The lowest BCUT2D eigenvalue weighted by molar-refractivity contribution is -0.137. The summed E-state index contributed by atoms with van der Waals surface area (Å²) in [5.41, 5.74) is -0.338. The third-order valence-corrected chi connectivity index (χ3v) is 2.33. The molecule has 0 fully saturated rings. The molecule has 0 N–H and O–H groups in total. The van der Waals surface area contributed by atoms with E-state index in [2.05, 4.69) is 0 Å². The van der Waals surface area contributed by atoms with Crippen LogP contribution < -0.4 is 0 Å². The van der Waals surface area contributed by atoms with Crippen LogP contribution in [0.5, 0.6) is 0 Å². The van der Waals surface area contributed by atoms with Crippen LogP contribution in [0.4, 0.5) is 13.2 Å². The normalized spacial score (nSPS) is 11.7. The van der Waals surface area contributed by atoms with Crippen molar-refractivity contribution < 1.29 is 18.0 Å². The van der Waals surface area contributed by atoms with Crippen LogP contribution in [0.1, 0.15) is 15.9 Å². The lowest BCUT2D eigenvalue weighted by atomic mass is 10.0. The Morgan fingerprint density at radius 1 is 0.938 bits per heavy atom. The fraction of sp³-hybridized carbons (Fsp3) is 0.0833. The molecule has 0 radical (unpaired) electrons. The van der Waals surface area contributed by atoms with E-state index in [4.69, 9.17) is 0 Å². The standard InChI is InChI=1S/C12H7F3O/c13-12(14,15)11-4-3-9-2-1-8(7-16)5-10(9)6-11/h1-7H. The van der Waals surface area contributed by atoms with Gasteiger partial charge in [-0.2, -0.15) is 13.2 Å². The van der Waals surface area contributed by atoms with Gasteiger partial charge in [0, 0.05) is 5.56 Å². The highest BCUT2D eigenvalue weighted by molar-refractivity contribution is 5.89. The highest BCUT2D eigenvalue weighted by atomic mass is 19.4. The summed E-state index contributed by atoms with van der Waals surface area (Å²) in [4.78, 5) is 10.5. The van der Waals surface area contributed by atoms with E-state index in [0.29, 0.717) is 22.6 Å². The SMILES string of the molecule is O=Cc1ccc2ccc(C(F)(F)F)cc2c1. The zero-order valence-corrected chi connectivity index (χ0v) is 8.08. The molecule has 0 bridgehead atoms. The van der Waals surface area contributed by atoms with Crippen LogP contribution in [0, 0.1) is 0 Å². The second-order valence-corrected chi connectivity index (χ2v) is 3.44. The number of fused-ring (bicyclic) bond motifs is 1. The first-order valence-corrected chi connectivity index (χ1v) is 4.57. The molecular formula is C12H7F3O. The van der Waals surface area contributed by atoms with Gasteiger partial charge in [0.05, 0.1) is 5.56 Å². The zero-order chi connectivity index (χ0) is 11.8. The fourth-order valence-corrected chi connectivity index (χ4v) is 1.51. The molecule has 0 aromatic heterocycles. The molecule has 0 aliphatic rings. The number of carbonyl (C=O) groups excluding carboxylic acids is 1. The van der Waals surface area contributed by atoms with Crippen molar-refractivity contribution in [3.8, 4) is 0 Å². The molecule has 0 aliphatic carbocycles. The van der Waals surface area contributed by atoms with Crippen LogP contribution in [0.2, 0.25) is 0 Å². The Morgan fingerprint density at radius 3 is 2.25 bits per heavy atom. The van der Waals surface area contributed by atoms with Crippen molar-refractivity contribution in [2.24, 2.45) is 0 Å². The third kappa shape index (κ3) is 1.91. The maximum absolute atomic E-state index is 12.4. The number of rotatable bonds is 1. The van der Waals surface area contributed by atoms with Gasteiger partial charge < -0.3 is 0 Å². The van der Waals surface area contributed by atoms with Gasteiger partial charge in [-0.3, -0.25) is 4.79 Å². The van der Waals surface area contributed by atoms with Crippen molar-refractivity contribution in [1.82, 2.24) is 0 Å². The van der Waals surface area contributed by atoms with E-state index in [-0.39, 0.29) is 0 Å². The molecule has 4 heteroatoms. The topological polar surface area (TPSA) is 17.1 Å². The summed E-state index contributed by atoms with van der Waals surface area (Å²) in [6, 6.07) is 8.11. The zero-order valence-electron chi connectivity index (χ0n) is 8.08. The molecule has 0 saturated carbocycles. The van der Waals surface area contributed by atoms with Crippen LogP contribution in [0.25, 0.3) is 10.8 Å². The van der Waals surface area contributed by atoms with Gasteiger partial charge in [0.2, 0.25) is 0 Å². The predicted octanol–water partition coefficient (Wildman–Crippen LogP) is 3.67. The van der Waals surface area contributed by atoms with Crippen LogP contribution >= 0.6 is 0 Å². The van der Waals surface area contributed by atoms with Crippen molar-refractivity contribution in [2.45, 2.75) is 6.18 Å². The Morgan fingerprint density at radius 2 is 1.62 bits per heavy atom. The predicted molar refractivity (Wildman–Crippen MR) is 54.3 cm³/mol. The number of alkyl halides is 3.